The van der Waals surface area contributed by atoms with Crippen molar-refractivity contribution in [1.82, 2.24) is 9.55 Å². The Morgan fingerprint density at radius 2 is 1.71 bits per heavy atom. The molecule has 0 fully saturated rings. The minimum Gasteiger partial charge on any atom is -0.497 e. The normalized spacial score (nSPS) is 17.2. The van der Waals surface area contributed by atoms with Crippen LogP contribution in [0.1, 0.15) is 16.7 Å². The summed E-state index contributed by atoms with van der Waals surface area (Å²) < 4.78 is 8.74. The lowest BCUT2D eigenvalue weighted by Crippen LogP contribution is -2.35. The van der Waals surface area contributed by atoms with Gasteiger partial charge in [-0.25, -0.2) is 4.98 Å². The van der Waals surface area contributed by atoms with Crippen LogP contribution in [0.2, 0.25) is 0 Å². The summed E-state index contributed by atoms with van der Waals surface area (Å²) in [7, 11) is 1.70. The van der Waals surface area contributed by atoms with Gasteiger partial charge in [0, 0.05) is 28.9 Å². The Morgan fingerprint density at radius 1 is 0.964 bits per heavy atom. The molecular formula is C24H19BrN2O. The monoisotopic (exact) mass is 430 g/mol. The molecule has 0 saturated carbocycles. The van der Waals surface area contributed by atoms with Gasteiger partial charge in [-0.1, -0.05) is 64.5 Å². The minimum absolute atomic E-state index is 0.336. The van der Waals surface area contributed by atoms with Crippen molar-refractivity contribution in [3.05, 3.63) is 106 Å². The molecule has 2 heterocycles. The van der Waals surface area contributed by atoms with Crippen LogP contribution in [-0.4, -0.2) is 16.7 Å². The van der Waals surface area contributed by atoms with Gasteiger partial charge >= 0.3 is 0 Å². The summed E-state index contributed by atoms with van der Waals surface area (Å²) in [4.78, 5) is 4.68. The molecule has 3 aromatic carbocycles. The van der Waals surface area contributed by atoms with Crippen molar-refractivity contribution < 1.29 is 4.74 Å². The number of nitrogens with zero attached hydrogens (tertiary/aromatic N) is 2. The van der Waals surface area contributed by atoms with Gasteiger partial charge in [0.1, 0.15) is 17.1 Å². The van der Waals surface area contributed by atoms with E-state index in [9.17, 15) is 0 Å². The van der Waals surface area contributed by atoms with E-state index in [1.807, 2.05) is 18.3 Å². The number of halogens is 1. The Hall–Kier alpha value is -2.85. The van der Waals surface area contributed by atoms with Crippen LogP contribution in [0.5, 0.6) is 5.75 Å². The zero-order chi connectivity index (χ0) is 19.1. The van der Waals surface area contributed by atoms with Crippen LogP contribution < -0.4 is 4.74 Å². The maximum absolute atomic E-state index is 5.34. The molecule has 0 amide bonds. The Morgan fingerprint density at radius 3 is 2.46 bits per heavy atom. The predicted molar refractivity (Wildman–Crippen MR) is 115 cm³/mol. The smallest absolute Gasteiger partial charge is 0.141 e. The highest BCUT2D eigenvalue weighted by molar-refractivity contribution is 9.10. The van der Waals surface area contributed by atoms with E-state index in [0.29, 0.717) is 0 Å². The molecular weight excluding hydrogens is 412 g/mol. The van der Waals surface area contributed by atoms with Crippen molar-refractivity contribution in [3.8, 4) is 17.1 Å². The van der Waals surface area contributed by atoms with Gasteiger partial charge in [-0.2, -0.15) is 0 Å². The third-order valence-electron chi connectivity index (χ3n) is 5.61. The van der Waals surface area contributed by atoms with E-state index in [0.717, 1.165) is 22.5 Å². The Balaban J connectivity index is 1.75. The number of benzene rings is 3. The first-order valence-corrected chi connectivity index (χ1v) is 10.0. The SMILES string of the molecule is COc1ccc(CC2(c3ccc(Br)cc3)c3ccccc3-c3nccn32)cc1. The highest BCUT2D eigenvalue weighted by atomic mass is 79.9. The lowest BCUT2D eigenvalue weighted by molar-refractivity contribution is 0.413. The number of aromatic nitrogens is 2. The van der Waals surface area contributed by atoms with E-state index in [4.69, 9.17) is 4.74 Å². The van der Waals surface area contributed by atoms with Crippen LogP contribution in [0.15, 0.2) is 89.7 Å². The summed E-state index contributed by atoms with van der Waals surface area (Å²) in [6.45, 7) is 0. The third kappa shape index (κ3) is 2.52. The fraction of sp³-hybridized carbons (Fsp3) is 0.125. The molecule has 0 bridgehead atoms. The molecule has 1 unspecified atom stereocenters. The summed E-state index contributed by atoms with van der Waals surface area (Å²) in [5, 5.41) is 0. The summed E-state index contributed by atoms with van der Waals surface area (Å²) in [5.74, 6) is 1.89. The predicted octanol–water partition coefficient (Wildman–Crippen LogP) is 5.67. The lowest BCUT2D eigenvalue weighted by atomic mass is 9.78. The van der Waals surface area contributed by atoms with Gasteiger partial charge in [-0.3, -0.25) is 0 Å². The average Bonchev–Trinajstić information content (AvgIpc) is 3.32. The fourth-order valence-corrected chi connectivity index (χ4v) is 4.59. The van der Waals surface area contributed by atoms with Crippen LogP contribution in [-0.2, 0) is 12.0 Å². The van der Waals surface area contributed by atoms with Crippen molar-refractivity contribution in [2.24, 2.45) is 0 Å². The van der Waals surface area contributed by atoms with E-state index in [2.05, 4.69) is 92.3 Å². The second-order valence-electron chi connectivity index (χ2n) is 7.06. The molecule has 1 atom stereocenters. The quantitative estimate of drug-likeness (QED) is 0.417. The zero-order valence-electron chi connectivity index (χ0n) is 15.5. The Kier molecular flexibility index (Phi) is 4.09. The van der Waals surface area contributed by atoms with Gasteiger partial charge in [0.15, 0.2) is 0 Å². The molecule has 0 saturated heterocycles. The number of hydrogen-bond acceptors (Lipinski definition) is 2. The van der Waals surface area contributed by atoms with E-state index >= 15 is 0 Å². The first-order valence-electron chi connectivity index (χ1n) is 9.25. The van der Waals surface area contributed by atoms with Gasteiger partial charge in [-0.05, 0) is 41.0 Å². The van der Waals surface area contributed by atoms with Gasteiger partial charge in [0.25, 0.3) is 0 Å². The number of ether oxygens (including phenoxy) is 1. The van der Waals surface area contributed by atoms with Gasteiger partial charge < -0.3 is 9.30 Å². The van der Waals surface area contributed by atoms with E-state index < -0.39 is 0 Å². The minimum atomic E-state index is -0.336. The topological polar surface area (TPSA) is 27.1 Å². The molecule has 0 spiro atoms. The number of rotatable bonds is 4. The van der Waals surface area contributed by atoms with Crippen molar-refractivity contribution >= 4 is 15.9 Å². The zero-order valence-corrected chi connectivity index (χ0v) is 17.1. The molecule has 3 nitrogen and oxygen atoms in total. The van der Waals surface area contributed by atoms with Crippen LogP contribution >= 0.6 is 15.9 Å². The summed E-state index contributed by atoms with van der Waals surface area (Å²) in [6.07, 6.45) is 4.83. The van der Waals surface area contributed by atoms with Gasteiger partial charge in [-0.15, -0.1) is 0 Å². The molecule has 138 valence electrons. The van der Waals surface area contributed by atoms with Gasteiger partial charge in [0.05, 0.1) is 7.11 Å². The molecule has 0 radical (unpaired) electrons. The summed E-state index contributed by atoms with van der Waals surface area (Å²) >= 11 is 3.58. The average molecular weight is 431 g/mol. The number of fused-ring (bicyclic) bond motifs is 3. The molecule has 1 aliphatic heterocycles. The molecule has 1 aromatic heterocycles. The summed E-state index contributed by atoms with van der Waals surface area (Å²) in [5.41, 5.74) is 4.65. The molecule has 0 N–H and O–H groups in total. The number of hydrogen-bond donors (Lipinski definition) is 0. The second-order valence-corrected chi connectivity index (χ2v) is 7.97. The van der Waals surface area contributed by atoms with Crippen LogP contribution in [0.3, 0.4) is 0 Å². The van der Waals surface area contributed by atoms with Crippen LogP contribution in [0, 0.1) is 0 Å². The first kappa shape index (κ1) is 17.3. The molecule has 4 heteroatoms. The Labute approximate surface area is 172 Å². The van der Waals surface area contributed by atoms with E-state index in [1.54, 1.807) is 7.11 Å². The lowest BCUT2D eigenvalue weighted by Gasteiger charge is -2.34. The Bertz CT molecular complexity index is 1130. The summed E-state index contributed by atoms with van der Waals surface area (Å²) in [6, 6.07) is 25.6. The van der Waals surface area contributed by atoms with Crippen LogP contribution in [0.25, 0.3) is 11.4 Å². The van der Waals surface area contributed by atoms with E-state index in [1.165, 1.54) is 22.3 Å². The maximum atomic E-state index is 5.34. The van der Waals surface area contributed by atoms with Crippen molar-refractivity contribution in [1.29, 1.82) is 0 Å². The largest absolute Gasteiger partial charge is 0.497 e. The molecule has 5 rings (SSSR count). The van der Waals surface area contributed by atoms with Crippen LogP contribution in [0.4, 0.5) is 0 Å². The fourth-order valence-electron chi connectivity index (χ4n) is 4.32. The third-order valence-corrected chi connectivity index (χ3v) is 6.13. The highest BCUT2D eigenvalue weighted by Crippen LogP contribution is 2.48. The molecule has 28 heavy (non-hydrogen) atoms. The number of methoxy groups -OCH3 is 1. The van der Waals surface area contributed by atoms with Crippen molar-refractivity contribution in [2.45, 2.75) is 12.0 Å². The molecule has 4 aromatic rings. The van der Waals surface area contributed by atoms with Gasteiger partial charge in [0.2, 0.25) is 0 Å². The standard InChI is InChI=1S/C24H19BrN2O/c1-28-20-12-6-17(7-13-20)16-24(18-8-10-19(25)11-9-18)22-5-3-2-4-21(22)23-26-14-15-27(23)24/h2-15H,16H2,1H3. The second kappa shape index (κ2) is 6.64. The van der Waals surface area contributed by atoms with E-state index in [-0.39, 0.29) is 5.54 Å². The highest BCUT2D eigenvalue weighted by Gasteiger charge is 2.44. The van der Waals surface area contributed by atoms with Crippen molar-refractivity contribution in [3.63, 3.8) is 0 Å². The molecule has 0 aliphatic carbocycles. The molecule has 1 aliphatic rings. The van der Waals surface area contributed by atoms with Crippen molar-refractivity contribution in [2.75, 3.05) is 7.11 Å². The maximum Gasteiger partial charge on any atom is 0.141 e. The first-order chi connectivity index (χ1) is 13.7. The number of imidazole rings is 1.